The monoisotopic (exact) mass is 971 g/mol. The van der Waals surface area contributed by atoms with Gasteiger partial charge in [0.2, 0.25) is 17.7 Å². The molecule has 1 aliphatic carbocycles. The number of halogens is 1. The third-order valence-electron chi connectivity index (χ3n) is 12.7. The Kier molecular flexibility index (Phi) is 17.1. The molecule has 4 saturated heterocycles. The van der Waals surface area contributed by atoms with Crippen molar-refractivity contribution < 1.29 is 24.2 Å². The molecule has 8 heterocycles. The first-order chi connectivity index (χ1) is 32.2. The summed E-state index contributed by atoms with van der Waals surface area (Å²) < 4.78 is 7.88. The van der Waals surface area contributed by atoms with E-state index in [-0.39, 0.29) is 52.9 Å². The molecule has 4 atom stereocenters. The number of imide groups is 1. The number of nitrogens with one attached hydrogen (secondary N) is 6. The van der Waals surface area contributed by atoms with Crippen LogP contribution in [0.3, 0.4) is 0 Å². The van der Waals surface area contributed by atoms with E-state index >= 15 is 0 Å². The summed E-state index contributed by atoms with van der Waals surface area (Å²) in [5, 5.41) is 30.2. The number of phenols is 1. The lowest BCUT2D eigenvalue weighted by atomic mass is 10.0. The second-order valence-corrected chi connectivity index (χ2v) is 21.2. The summed E-state index contributed by atoms with van der Waals surface area (Å²) in [7, 11) is 3.75. The first kappa shape index (κ1) is 50.4. The van der Waals surface area contributed by atoms with Crippen LogP contribution in [0.2, 0.25) is 5.02 Å². The minimum absolute atomic E-state index is 0.0246. The van der Waals surface area contributed by atoms with Gasteiger partial charge in [-0.15, -0.1) is 22.7 Å². The molecule has 14 nitrogen and oxygen atoms in total. The fourth-order valence-electron chi connectivity index (χ4n) is 9.14. The fourth-order valence-corrected chi connectivity index (χ4v) is 11.7. The topological polar surface area (TPSA) is 182 Å². The second kappa shape index (κ2) is 22.7. The number of piperazine rings is 1. The lowest BCUT2D eigenvalue weighted by Crippen LogP contribution is -2.53. The zero-order valence-corrected chi connectivity index (χ0v) is 42.1. The summed E-state index contributed by atoms with van der Waals surface area (Å²) >= 11 is 9.41. The molecule has 5 aliphatic rings. The SMILES string of the molecule is C1CCNCC1.CC(C)=C(NCC1CNCCO1)c1ccnc2cc(CN3C(=O)C4C(C3=O)C4(C)C)sc12.CNC.Cc1cc(Cl)cc(-c2ccnc3cc(CC4NCCNC4=O)sc23)c1O. The Hall–Kier alpha value is -4.52. The standard InChI is InChI=1S/C24H30N4O3S.C19H18ClN3O2S.C5H11N.C2H7N/c1-13(2)20(27-11-14-10-25-7-8-31-14)16-5-6-26-17-9-15(32-21(16)17)12-28-22(29)18-19(23(28)30)24(18,3)4;1-10-6-11(20)7-14(17(10)24)13-2-3-21-15-8-12(26-18(13)15)9-16-19(25)23-5-4-22-16;1-2-4-6-5-3-1;1-3-2/h5-6,9,14,18-19,25,27H,7-8,10-12H2,1-4H3;2-3,6-8,16,22,24H,4-5,9H2,1H3,(H,23,25);6H,1-5H2;3H,1-2H3. The van der Waals surface area contributed by atoms with E-state index < -0.39 is 0 Å². The summed E-state index contributed by atoms with van der Waals surface area (Å²) in [4.78, 5) is 50.0. The number of likely N-dealkylation sites (tertiary alicyclic amines) is 1. The molecule has 7 N–H and O–H groups in total. The molecular formula is C50H66ClN9O5S2. The minimum Gasteiger partial charge on any atom is -0.507 e. The number of amides is 3. The normalized spacial score (nSPS) is 21.8. The van der Waals surface area contributed by atoms with Crippen LogP contribution in [0.25, 0.3) is 37.3 Å². The number of pyridine rings is 2. The van der Waals surface area contributed by atoms with Crippen molar-refractivity contribution in [3.8, 4) is 16.9 Å². The number of aromatic hydroxyl groups is 1. The molecule has 4 unspecified atom stereocenters. The van der Waals surface area contributed by atoms with E-state index in [0.29, 0.717) is 30.1 Å². The molecule has 17 heteroatoms. The smallest absolute Gasteiger partial charge is 0.237 e. The quantitative estimate of drug-likeness (QED) is 0.0786. The van der Waals surface area contributed by atoms with Crippen molar-refractivity contribution in [2.24, 2.45) is 17.3 Å². The number of rotatable bonds is 9. The van der Waals surface area contributed by atoms with Gasteiger partial charge in [-0.25, -0.2) is 0 Å². The fraction of sp³-hybridized carbons (Fsp3) is 0.500. The maximum atomic E-state index is 12.8. The summed E-state index contributed by atoms with van der Waals surface area (Å²) in [6.07, 6.45) is 8.52. The Balaban J connectivity index is 0.000000170. The van der Waals surface area contributed by atoms with Crippen LogP contribution in [0, 0.1) is 24.2 Å². The molecule has 4 aromatic heterocycles. The highest BCUT2D eigenvalue weighted by Gasteiger charge is 2.72. The van der Waals surface area contributed by atoms with Crippen molar-refractivity contribution >= 4 is 78.1 Å². The predicted molar refractivity (Wildman–Crippen MR) is 271 cm³/mol. The van der Waals surface area contributed by atoms with Crippen LogP contribution < -0.4 is 31.9 Å². The number of hydrogen-bond acceptors (Lipinski definition) is 14. The number of benzene rings is 1. The minimum atomic E-state index is -0.220. The van der Waals surface area contributed by atoms with E-state index in [4.69, 9.17) is 16.3 Å². The van der Waals surface area contributed by atoms with Crippen molar-refractivity contribution in [3.63, 3.8) is 0 Å². The number of morpholine rings is 1. The lowest BCUT2D eigenvalue weighted by molar-refractivity contribution is -0.143. The number of thiophene rings is 2. The van der Waals surface area contributed by atoms with Crippen molar-refractivity contribution in [1.82, 2.24) is 46.8 Å². The number of hydrogen-bond donors (Lipinski definition) is 7. The number of ether oxygens (including phenoxy) is 1. The number of phenolic OH excluding ortho intramolecular Hbond substituents is 1. The van der Waals surface area contributed by atoms with Gasteiger partial charge in [0.1, 0.15) is 5.75 Å². The number of nitrogens with zero attached hydrogens (tertiary/aromatic N) is 3. The van der Waals surface area contributed by atoms with E-state index in [2.05, 4.69) is 55.7 Å². The second-order valence-electron chi connectivity index (χ2n) is 18.5. The average molecular weight is 973 g/mol. The first-order valence-corrected chi connectivity index (χ1v) is 25.4. The molecule has 360 valence electrons. The van der Waals surface area contributed by atoms with Gasteiger partial charge in [0.05, 0.1) is 57.6 Å². The number of fused-ring (bicyclic) bond motifs is 3. The number of allylic oxidation sites excluding steroid dienone is 1. The van der Waals surface area contributed by atoms with E-state index in [1.807, 2.05) is 65.3 Å². The molecule has 5 fully saturated rings. The van der Waals surface area contributed by atoms with E-state index in [1.165, 1.54) is 42.8 Å². The van der Waals surface area contributed by atoms with E-state index in [9.17, 15) is 19.5 Å². The third kappa shape index (κ3) is 11.9. The summed E-state index contributed by atoms with van der Waals surface area (Å²) in [5.41, 5.74) is 7.26. The molecule has 4 aliphatic heterocycles. The maximum absolute atomic E-state index is 12.8. The van der Waals surface area contributed by atoms with Crippen LogP contribution in [-0.2, 0) is 32.1 Å². The van der Waals surface area contributed by atoms with Gasteiger partial charge >= 0.3 is 0 Å². The summed E-state index contributed by atoms with van der Waals surface area (Å²) in [6, 6.07) is 11.2. The van der Waals surface area contributed by atoms with Crippen LogP contribution in [0.1, 0.15) is 67.8 Å². The molecule has 3 amide bonds. The highest BCUT2D eigenvalue weighted by atomic mass is 35.5. The van der Waals surface area contributed by atoms with Crippen molar-refractivity contribution in [1.29, 1.82) is 0 Å². The van der Waals surface area contributed by atoms with Gasteiger partial charge in [0, 0.05) is 88.7 Å². The van der Waals surface area contributed by atoms with Crippen LogP contribution >= 0.6 is 34.3 Å². The number of aryl methyl sites for hydroxylation is 1. The molecule has 1 aromatic carbocycles. The van der Waals surface area contributed by atoms with Gasteiger partial charge in [-0.05, 0) is 108 Å². The van der Waals surface area contributed by atoms with Crippen molar-refractivity contribution in [2.45, 2.75) is 79.0 Å². The number of aromatic nitrogens is 2. The van der Waals surface area contributed by atoms with E-state index in [1.54, 1.807) is 41.0 Å². The largest absolute Gasteiger partial charge is 0.507 e. The Morgan fingerprint density at radius 1 is 0.881 bits per heavy atom. The van der Waals surface area contributed by atoms with Crippen LogP contribution in [0.5, 0.6) is 5.75 Å². The molecule has 0 bridgehead atoms. The molecular weight excluding hydrogens is 906 g/mol. The third-order valence-corrected chi connectivity index (χ3v) is 15.3. The zero-order valence-electron chi connectivity index (χ0n) is 39.7. The van der Waals surface area contributed by atoms with Gasteiger partial charge in [0.25, 0.3) is 0 Å². The van der Waals surface area contributed by atoms with Crippen molar-refractivity contribution in [2.75, 3.05) is 66.5 Å². The van der Waals surface area contributed by atoms with Crippen molar-refractivity contribution in [3.05, 3.63) is 80.3 Å². The molecule has 5 aromatic rings. The van der Waals surface area contributed by atoms with Gasteiger partial charge in [-0.2, -0.15) is 0 Å². The summed E-state index contributed by atoms with van der Waals surface area (Å²) in [6.45, 7) is 17.5. The molecule has 10 rings (SSSR count). The van der Waals surface area contributed by atoms with Gasteiger partial charge in [0.15, 0.2) is 0 Å². The number of carbonyl (C=O) groups excluding carboxylic acids is 3. The van der Waals surface area contributed by atoms with Crippen LogP contribution in [-0.4, -0.2) is 116 Å². The number of carbonyl (C=O) groups is 3. The predicted octanol–water partition coefficient (Wildman–Crippen LogP) is 6.62. The average Bonchev–Trinajstić information content (AvgIpc) is 3.66. The first-order valence-electron chi connectivity index (χ1n) is 23.4. The van der Waals surface area contributed by atoms with E-state index in [0.717, 1.165) is 85.4 Å². The van der Waals surface area contributed by atoms with Gasteiger partial charge in [-0.3, -0.25) is 29.3 Å². The highest BCUT2D eigenvalue weighted by Crippen LogP contribution is 2.63. The molecule has 0 spiro atoms. The lowest BCUT2D eigenvalue weighted by Gasteiger charge is -2.25. The van der Waals surface area contributed by atoms with Gasteiger partial charge < -0.3 is 41.7 Å². The van der Waals surface area contributed by atoms with Gasteiger partial charge in [-0.1, -0.05) is 37.4 Å². The summed E-state index contributed by atoms with van der Waals surface area (Å²) in [5.74, 6) is -0.0750. The Labute approximate surface area is 407 Å². The molecule has 0 radical (unpaired) electrons. The molecule has 67 heavy (non-hydrogen) atoms. The number of piperidine rings is 2. The highest BCUT2D eigenvalue weighted by molar-refractivity contribution is 7.19. The maximum Gasteiger partial charge on any atom is 0.237 e. The molecule has 1 saturated carbocycles. The van der Waals surface area contributed by atoms with Crippen LogP contribution in [0.15, 0.2) is 54.4 Å². The zero-order chi connectivity index (χ0) is 47.8. The van der Waals surface area contributed by atoms with Crippen LogP contribution in [0.4, 0.5) is 0 Å². The Bertz CT molecular complexity index is 2550. The Morgan fingerprint density at radius 2 is 1.55 bits per heavy atom. The Morgan fingerprint density at radius 3 is 2.18 bits per heavy atom.